The van der Waals surface area contributed by atoms with Crippen LogP contribution in [0.2, 0.25) is 0 Å². The first-order chi connectivity index (χ1) is 12.5. The van der Waals surface area contributed by atoms with Crippen molar-refractivity contribution in [3.8, 4) is 11.4 Å². The first-order valence-electron chi connectivity index (χ1n) is 7.76. The maximum absolute atomic E-state index is 13.4. The lowest BCUT2D eigenvalue weighted by Gasteiger charge is -2.14. The molecule has 134 valence electrons. The second kappa shape index (κ2) is 7.68. The van der Waals surface area contributed by atoms with Crippen molar-refractivity contribution in [2.75, 3.05) is 0 Å². The summed E-state index contributed by atoms with van der Waals surface area (Å²) >= 11 is 0. The fourth-order valence-corrected chi connectivity index (χ4v) is 2.20. The van der Waals surface area contributed by atoms with Gasteiger partial charge < -0.3 is 10.1 Å². The zero-order valence-electron chi connectivity index (χ0n) is 13.8. The van der Waals surface area contributed by atoms with Gasteiger partial charge in [0, 0.05) is 6.07 Å². The smallest absolute Gasteiger partial charge is 0.261 e. The van der Waals surface area contributed by atoms with Crippen molar-refractivity contribution < 1.29 is 18.3 Å². The Bertz CT molecular complexity index is 901. The van der Waals surface area contributed by atoms with Gasteiger partial charge in [-0.3, -0.25) is 4.79 Å². The molecule has 1 heterocycles. The van der Waals surface area contributed by atoms with Crippen molar-refractivity contribution in [3.63, 3.8) is 0 Å². The van der Waals surface area contributed by atoms with E-state index in [1.165, 1.54) is 10.7 Å². The number of para-hydroxylation sites is 1. The number of carbonyl (C=O) groups is 1. The Morgan fingerprint density at radius 2 is 1.96 bits per heavy atom. The fraction of sp³-hybridized carbons (Fsp3) is 0.176. The molecule has 1 amide bonds. The van der Waals surface area contributed by atoms with Gasteiger partial charge in [-0.05, 0) is 41.6 Å². The van der Waals surface area contributed by atoms with Gasteiger partial charge in [-0.25, -0.2) is 8.78 Å². The summed E-state index contributed by atoms with van der Waals surface area (Å²) in [5.74, 6) is -1.52. The lowest BCUT2D eigenvalue weighted by atomic mass is 10.3. The van der Waals surface area contributed by atoms with Crippen molar-refractivity contribution in [3.05, 3.63) is 66.0 Å². The highest BCUT2D eigenvalue weighted by Gasteiger charge is 2.17. The van der Waals surface area contributed by atoms with Crippen LogP contribution in [0.3, 0.4) is 0 Å². The zero-order valence-corrected chi connectivity index (χ0v) is 13.8. The maximum Gasteiger partial charge on any atom is 0.261 e. The number of hydrogen-bond donors (Lipinski definition) is 1. The molecule has 0 radical (unpaired) electrons. The number of hydrogen-bond acceptors (Lipinski definition) is 5. The molecule has 3 aromatic rings. The van der Waals surface area contributed by atoms with Gasteiger partial charge in [-0.15, -0.1) is 5.10 Å². The van der Waals surface area contributed by atoms with Crippen LogP contribution in [0.5, 0.6) is 5.75 Å². The van der Waals surface area contributed by atoms with Crippen LogP contribution in [-0.4, -0.2) is 32.2 Å². The van der Waals surface area contributed by atoms with Crippen molar-refractivity contribution in [1.29, 1.82) is 0 Å². The van der Waals surface area contributed by atoms with Crippen LogP contribution in [-0.2, 0) is 11.3 Å². The van der Waals surface area contributed by atoms with Gasteiger partial charge >= 0.3 is 0 Å². The molecule has 0 fully saturated rings. The normalized spacial score (nSPS) is 11.8. The molecule has 1 N–H and O–H groups in total. The summed E-state index contributed by atoms with van der Waals surface area (Å²) in [6, 6.07) is 12.2. The molecule has 1 aromatic heterocycles. The molecule has 26 heavy (non-hydrogen) atoms. The molecule has 1 unspecified atom stereocenters. The molecule has 9 heteroatoms. The second-order valence-electron chi connectivity index (χ2n) is 5.40. The minimum atomic E-state index is -1.02. The quantitative estimate of drug-likeness (QED) is 0.728. The highest BCUT2D eigenvalue weighted by atomic mass is 19.2. The number of benzene rings is 2. The molecule has 0 saturated heterocycles. The van der Waals surface area contributed by atoms with Crippen LogP contribution in [0.4, 0.5) is 8.78 Å². The molecule has 7 nitrogen and oxygen atoms in total. The Morgan fingerprint density at radius 3 is 2.69 bits per heavy atom. The van der Waals surface area contributed by atoms with Gasteiger partial charge in [0.1, 0.15) is 5.75 Å². The Labute approximate surface area is 147 Å². The number of tetrazole rings is 1. The standard InChI is InChI=1S/C17H15F2N5O2/c1-11(26-13-5-3-2-4-6-13)17(25)20-10-16-21-22-23-24(16)12-7-8-14(18)15(19)9-12/h2-9,11H,10H2,1H3,(H,20,25). The van der Waals surface area contributed by atoms with Crippen LogP contribution in [0, 0.1) is 11.6 Å². The number of halogens is 2. The van der Waals surface area contributed by atoms with Crippen molar-refractivity contribution in [2.24, 2.45) is 0 Å². The largest absolute Gasteiger partial charge is 0.481 e. The van der Waals surface area contributed by atoms with Crippen LogP contribution in [0.1, 0.15) is 12.7 Å². The van der Waals surface area contributed by atoms with E-state index in [0.29, 0.717) is 5.75 Å². The zero-order chi connectivity index (χ0) is 18.5. The average molecular weight is 359 g/mol. The number of aromatic nitrogens is 4. The Hall–Kier alpha value is -3.36. The minimum absolute atomic E-state index is 0.00663. The van der Waals surface area contributed by atoms with Crippen LogP contribution >= 0.6 is 0 Å². The Morgan fingerprint density at radius 1 is 1.19 bits per heavy atom. The van der Waals surface area contributed by atoms with Gasteiger partial charge in [0.25, 0.3) is 5.91 Å². The second-order valence-corrected chi connectivity index (χ2v) is 5.40. The molecule has 0 bridgehead atoms. The molecule has 0 spiro atoms. The summed E-state index contributed by atoms with van der Waals surface area (Å²) in [6.07, 6.45) is -0.731. The summed E-state index contributed by atoms with van der Waals surface area (Å²) in [4.78, 5) is 12.2. The van der Waals surface area contributed by atoms with Crippen molar-refractivity contribution in [2.45, 2.75) is 19.6 Å². The predicted molar refractivity (Wildman–Crippen MR) is 87.4 cm³/mol. The summed E-state index contributed by atoms with van der Waals surface area (Å²) < 4.78 is 33.2. The van der Waals surface area contributed by atoms with E-state index in [0.717, 1.165) is 12.1 Å². The van der Waals surface area contributed by atoms with Gasteiger partial charge in [0.05, 0.1) is 12.2 Å². The summed E-state index contributed by atoms with van der Waals surface area (Å²) in [7, 11) is 0. The molecular weight excluding hydrogens is 344 g/mol. The summed E-state index contributed by atoms with van der Waals surface area (Å²) in [5, 5.41) is 13.7. The monoisotopic (exact) mass is 359 g/mol. The van der Waals surface area contributed by atoms with Crippen LogP contribution < -0.4 is 10.1 Å². The summed E-state index contributed by atoms with van der Waals surface area (Å²) in [5.41, 5.74) is 0.242. The first kappa shape index (κ1) is 17.5. The molecule has 0 aliphatic rings. The third-order valence-corrected chi connectivity index (χ3v) is 3.53. The lowest BCUT2D eigenvalue weighted by molar-refractivity contribution is -0.127. The molecular formula is C17H15F2N5O2. The van der Waals surface area contributed by atoms with E-state index < -0.39 is 17.7 Å². The van der Waals surface area contributed by atoms with Gasteiger partial charge in [-0.1, -0.05) is 18.2 Å². The van der Waals surface area contributed by atoms with Gasteiger partial charge in [0.15, 0.2) is 23.6 Å². The van der Waals surface area contributed by atoms with E-state index in [1.54, 1.807) is 31.2 Å². The third kappa shape index (κ3) is 4.00. The predicted octanol–water partition coefficient (Wildman–Crippen LogP) is 2.02. The van der Waals surface area contributed by atoms with E-state index in [2.05, 4.69) is 20.8 Å². The topological polar surface area (TPSA) is 81.9 Å². The molecule has 1 atom stereocenters. The number of ether oxygens (including phenoxy) is 1. The van der Waals surface area contributed by atoms with Gasteiger partial charge in [-0.2, -0.15) is 4.68 Å². The molecule has 0 saturated carbocycles. The molecule has 0 aliphatic carbocycles. The summed E-state index contributed by atoms with van der Waals surface area (Å²) in [6.45, 7) is 1.61. The van der Waals surface area contributed by atoms with Crippen LogP contribution in [0.25, 0.3) is 5.69 Å². The van der Waals surface area contributed by atoms with E-state index in [9.17, 15) is 13.6 Å². The number of amides is 1. The molecule has 0 aliphatic heterocycles. The minimum Gasteiger partial charge on any atom is -0.481 e. The highest BCUT2D eigenvalue weighted by Crippen LogP contribution is 2.13. The third-order valence-electron chi connectivity index (χ3n) is 3.53. The molecule has 3 rings (SSSR count). The van der Waals surface area contributed by atoms with E-state index in [4.69, 9.17) is 4.74 Å². The van der Waals surface area contributed by atoms with Crippen LogP contribution in [0.15, 0.2) is 48.5 Å². The average Bonchev–Trinajstić information content (AvgIpc) is 3.11. The number of rotatable bonds is 6. The highest BCUT2D eigenvalue weighted by molar-refractivity contribution is 5.80. The molecule has 2 aromatic carbocycles. The lowest BCUT2D eigenvalue weighted by Crippen LogP contribution is -2.36. The maximum atomic E-state index is 13.4. The van der Waals surface area contributed by atoms with E-state index in [1.807, 2.05) is 6.07 Å². The van der Waals surface area contributed by atoms with E-state index in [-0.39, 0.29) is 24.0 Å². The SMILES string of the molecule is CC(Oc1ccccc1)C(=O)NCc1nnnn1-c1ccc(F)c(F)c1. The first-order valence-corrected chi connectivity index (χ1v) is 7.76. The van der Waals surface area contributed by atoms with Crippen molar-refractivity contribution >= 4 is 5.91 Å². The number of nitrogens with zero attached hydrogens (tertiary/aromatic N) is 4. The van der Waals surface area contributed by atoms with Gasteiger partial charge in [0.2, 0.25) is 0 Å². The fourth-order valence-electron chi connectivity index (χ4n) is 2.20. The van der Waals surface area contributed by atoms with Crippen molar-refractivity contribution in [1.82, 2.24) is 25.5 Å². The number of nitrogens with one attached hydrogen (secondary N) is 1. The Kier molecular flexibility index (Phi) is 5.16. The number of carbonyl (C=O) groups excluding carboxylic acids is 1. The van der Waals surface area contributed by atoms with E-state index >= 15 is 0 Å². The Balaban J connectivity index is 1.64.